The highest BCUT2D eigenvalue weighted by Gasteiger charge is 2.39. The number of carbonyl (C=O) groups excluding carboxylic acids is 2. The Morgan fingerprint density at radius 2 is 1.47 bits per heavy atom. The lowest BCUT2D eigenvalue weighted by molar-refractivity contribution is -0.240. The molecule has 4 atom stereocenters. The predicted molar refractivity (Wildman–Crippen MR) is 124 cm³/mol. The summed E-state index contributed by atoms with van der Waals surface area (Å²) in [6.45, 7) is 4.42. The maximum atomic E-state index is 12.0. The Bertz CT molecular complexity index is 517. The van der Waals surface area contributed by atoms with Crippen molar-refractivity contribution in [3.8, 4) is 0 Å². The molecular formula is C24H46N2O6. The quantitative estimate of drug-likeness (QED) is 0.249. The van der Waals surface area contributed by atoms with Crippen LogP contribution in [0.5, 0.6) is 0 Å². The lowest BCUT2D eigenvalue weighted by Crippen LogP contribution is -2.60. The highest BCUT2D eigenvalue weighted by Crippen LogP contribution is 2.16. The Labute approximate surface area is 193 Å². The largest absolute Gasteiger partial charge is 0.388 e. The van der Waals surface area contributed by atoms with Crippen LogP contribution in [0.3, 0.4) is 0 Å². The Morgan fingerprint density at radius 3 is 2.03 bits per heavy atom. The van der Waals surface area contributed by atoms with E-state index in [2.05, 4.69) is 24.5 Å². The molecule has 0 bridgehead atoms. The summed E-state index contributed by atoms with van der Waals surface area (Å²) in [6, 6.07) is -0.749. The first kappa shape index (κ1) is 28.8. The highest BCUT2D eigenvalue weighted by molar-refractivity contribution is 5.84. The van der Waals surface area contributed by atoms with Gasteiger partial charge in [-0.05, 0) is 12.3 Å². The molecule has 8 nitrogen and oxygen atoms in total. The first-order valence-electron chi connectivity index (χ1n) is 12.4. The zero-order valence-corrected chi connectivity index (χ0v) is 20.3. The lowest BCUT2D eigenvalue weighted by atomic mass is 10.0. The van der Waals surface area contributed by atoms with Gasteiger partial charge in [0.05, 0.1) is 19.2 Å². The fourth-order valence-electron chi connectivity index (χ4n) is 3.91. The number of methoxy groups -OCH3 is 1. The van der Waals surface area contributed by atoms with Crippen LogP contribution < -0.4 is 10.6 Å². The van der Waals surface area contributed by atoms with Crippen LogP contribution in [0.15, 0.2) is 0 Å². The van der Waals surface area contributed by atoms with E-state index in [1.807, 2.05) is 0 Å². The summed E-state index contributed by atoms with van der Waals surface area (Å²) in [6.07, 6.45) is 10.6. The van der Waals surface area contributed by atoms with Gasteiger partial charge in [-0.25, -0.2) is 0 Å². The van der Waals surface area contributed by atoms with Crippen LogP contribution in [-0.2, 0) is 19.1 Å². The molecule has 0 spiro atoms. The number of unbranched alkanes of at least 4 members (excludes halogenated alkanes) is 9. The van der Waals surface area contributed by atoms with E-state index in [9.17, 15) is 19.8 Å². The number of nitrogens with one attached hydrogen (secondary N) is 2. The molecule has 0 aromatic carbocycles. The lowest BCUT2D eigenvalue weighted by Gasteiger charge is -2.36. The molecule has 1 saturated heterocycles. The van der Waals surface area contributed by atoms with E-state index in [1.165, 1.54) is 58.5 Å². The van der Waals surface area contributed by atoms with Crippen molar-refractivity contribution in [2.45, 2.75) is 115 Å². The molecule has 8 heteroatoms. The maximum absolute atomic E-state index is 12.0. The van der Waals surface area contributed by atoms with Crippen molar-refractivity contribution in [3.05, 3.63) is 0 Å². The van der Waals surface area contributed by atoms with E-state index >= 15 is 0 Å². The minimum absolute atomic E-state index is 0.0224. The number of carbonyl (C=O) groups is 2. The number of rotatable bonds is 17. The minimum atomic E-state index is -1.25. The van der Waals surface area contributed by atoms with Crippen molar-refractivity contribution >= 4 is 11.8 Å². The number of amides is 2. The zero-order chi connectivity index (χ0) is 23.8. The fourth-order valence-corrected chi connectivity index (χ4v) is 3.91. The summed E-state index contributed by atoms with van der Waals surface area (Å²) >= 11 is 0. The summed E-state index contributed by atoms with van der Waals surface area (Å²) in [7, 11) is 1.37. The van der Waals surface area contributed by atoms with Crippen molar-refractivity contribution in [3.63, 3.8) is 0 Å². The molecule has 2 amide bonds. The molecule has 1 aliphatic rings. The molecule has 1 fully saturated rings. The van der Waals surface area contributed by atoms with Gasteiger partial charge in [-0.15, -0.1) is 0 Å². The molecule has 188 valence electrons. The molecule has 0 aromatic heterocycles. The molecule has 4 N–H and O–H groups in total. The van der Waals surface area contributed by atoms with Crippen LogP contribution in [-0.4, -0.2) is 66.8 Å². The minimum Gasteiger partial charge on any atom is -0.388 e. The molecule has 0 aromatic rings. The monoisotopic (exact) mass is 458 g/mol. The van der Waals surface area contributed by atoms with Crippen LogP contribution in [0, 0.1) is 5.92 Å². The summed E-state index contributed by atoms with van der Waals surface area (Å²) in [4.78, 5) is 23.9. The maximum Gasteiger partial charge on any atom is 0.239 e. The summed E-state index contributed by atoms with van der Waals surface area (Å²) < 4.78 is 10.1. The van der Waals surface area contributed by atoms with Gasteiger partial charge in [0.2, 0.25) is 11.8 Å². The van der Waals surface area contributed by atoms with Gasteiger partial charge in [0, 0.05) is 13.5 Å². The van der Waals surface area contributed by atoms with Gasteiger partial charge in [-0.2, -0.15) is 0 Å². The standard InChI is InChI=1S/C24H46N2O6/c1-18(2)14-12-10-8-6-4-5-7-9-11-13-15-20(27)25-16-21(28)26-19-17-32-24(31-3)23(30)22(19)29/h18-19,22-24,29-30H,4-17H2,1-3H3,(H,25,27)(H,26,28)/t19-,22-,23-,24+/m1/s1. The molecule has 0 aliphatic carbocycles. The van der Waals surface area contributed by atoms with Crippen LogP contribution >= 0.6 is 0 Å². The average molecular weight is 459 g/mol. The molecule has 1 rings (SSSR count). The van der Waals surface area contributed by atoms with E-state index in [0.717, 1.165) is 25.2 Å². The normalized spacial score (nSPS) is 23.3. The van der Waals surface area contributed by atoms with Crippen molar-refractivity contribution in [1.82, 2.24) is 10.6 Å². The van der Waals surface area contributed by atoms with Crippen LogP contribution in [0.4, 0.5) is 0 Å². The second-order valence-corrected chi connectivity index (χ2v) is 9.34. The SMILES string of the molecule is CO[C@H]1OC[C@@H](NC(=O)CNC(=O)CCCCCCCCCCCCC(C)C)[C@@H](O)[C@H]1O. The van der Waals surface area contributed by atoms with Crippen LogP contribution in [0.25, 0.3) is 0 Å². The first-order chi connectivity index (χ1) is 15.3. The Morgan fingerprint density at radius 1 is 0.906 bits per heavy atom. The van der Waals surface area contributed by atoms with Gasteiger partial charge in [0.1, 0.15) is 12.2 Å². The van der Waals surface area contributed by atoms with Gasteiger partial charge in [-0.3, -0.25) is 9.59 Å². The molecule has 0 unspecified atom stereocenters. The second-order valence-electron chi connectivity index (χ2n) is 9.34. The average Bonchev–Trinajstić information content (AvgIpc) is 2.76. The van der Waals surface area contributed by atoms with Crippen molar-refractivity contribution in [2.75, 3.05) is 20.3 Å². The zero-order valence-electron chi connectivity index (χ0n) is 20.3. The Hall–Kier alpha value is -1.22. The predicted octanol–water partition coefficient (Wildman–Crippen LogP) is 2.65. The van der Waals surface area contributed by atoms with Crippen LogP contribution in [0.1, 0.15) is 90.9 Å². The third-order valence-corrected chi connectivity index (χ3v) is 5.94. The van der Waals surface area contributed by atoms with Crippen molar-refractivity contribution in [1.29, 1.82) is 0 Å². The fraction of sp³-hybridized carbons (Fsp3) is 0.917. The van der Waals surface area contributed by atoms with E-state index < -0.39 is 30.4 Å². The van der Waals surface area contributed by atoms with E-state index in [0.29, 0.717) is 6.42 Å². The number of ether oxygens (including phenoxy) is 2. The van der Waals surface area contributed by atoms with Gasteiger partial charge in [-0.1, -0.05) is 78.1 Å². The molecular weight excluding hydrogens is 412 g/mol. The third-order valence-electron chi connectivity index (χ3n) is 5.94. The van der Waals surface area contributed by atoms with E-state index in [1.54, 1.807) is 0 Å². The number of aliphatic hydroxyl groups excluding tert-OH is 2. The molecule has 1 heterocycles. The summed E-state index contributed by atoms with van der Waals surface area (Å²) in [5, 5.41) is 25.1. The van der Waals surface area contributed by atoms with Gasteiger partial charge in [0.25, 0.3) is 0 Å². The number of aliphatic hydroxyl groups is 2. The Kier molecular flexibility index (Phi) is 15.6. The number of hydrogen-bond donors (Lipinski definition) is 4. The molecule has 0 saturated carbocycles. The van der Waals surface area contributed by atoms with Gasteiger partial charge < -0.3 is 30.3 Å². The highest BCUT2D eigenvalue weighted by atomic mass is 16.7. The van der Waals surface area contributed by atoms with E-state index in [-0.39, 0.29) is 19.1 Å². The Balaban J connectivity index is 1.96. The smallest absolute Gasteiger partial charge is 0.239 e. The van der Waals surface area contributed by atoms with Crippen LogP contribution in [0.2, 0.25) is 0 Å². The second kappa shape index (κ2) is 17.3. The van der Waals surface area contributed by atoms with Crippen molar-refractivity contribution in [2.24, 2.45) is 5.92 Å². The van der Waals surface area contributed by atoms with Crippen molar-refractivity contribution < 1.29 is 29.3 Å². The molecule has 1 aliphatic heterocycles. The van der Waals surface area contributed by atoms with Gasteiger partial charge in [0.15, 0.2) is 6.29 Å². The topological polar surface area (TPSA) is 117 Å². The molecule has 32 heavy (non-hydrogen) atoms. The van der Waals surface area contributed by atoms with Gasteiger partial charge >= 0.3 is 0 Å². The third kappa shape index (κ3) is 12.7. The first-order valence-corrected chi connectivity index (χ1v) is 12.4. The summed E-state index contributed by atoms with van der Waals surface area (Å²) in [5.74, 6) is 0.236. The summed E-state index contributed by atoms with van der Waals surface area (Å²) in [5.41, 5.74) is 0. The number of hydrogen-bond acceptors (Lipinski definition) is 6. The molecule has 0 radical (unpaired) electrons. The van der Waals surface area contributed by atoms with E-state index in [4.69, 9.17) is 9.47 Å².